The van der Waals surface area contributed by atoms with Crippen LogP contribution in [-0.4, -0.2) is 16.3 Å². The fourth-order valence-corrected chi connectivity index (χ4v) is 1.72. The molecule has 3 aromatic rings. The van der Waals surface area contributed by atoms with Crippen LogP contribution >= 0.6 is 0 Å². The van der Waals surface area contributed by atoms with Crippen molar-refractivity contribution in [1.82, 2.24) is 5.16 Å². The molecule has 0 saturated heterocycles. The minimum absolute atomic E-state index is 0.00722. The molecule has 0 radical (unpaired) electrons. The van der Waals surface area contributed by atoms with Gasteiger partial charge in [-0.3, -0.25) is 10.1 Å². The molecular formula is C14H9N3O4. The molecule has 2 heterocycles. The highest BCUT2D eigenvalue weighted by atomic mass is 16.6. The largest absolute Gasteiger partial charge is 0.463 e. The molecule has 0 aliphatic rings. The fourth-order valence-electron chi connectivity index (χ4n) is 1.72. The first-order chi connectivity index (χ1) is 10.2. The second-order valence-corrected chi connectivity index (χ2v) is 4.14. The van der Waals surface area contributed by atoms with Crippen LogP contribution in [0.1, 0.15) is 5.56 Å². The maximum atomic E-state index is 10.7. The van der Waals surface area contributed by atoms with Crippen molar-refractivity contribution in [2.45, 2.75) is 0 Å². The van der Waals surface area contributed by atoms with Crippen molar-refractivity contribution in [1.29, 1.82) is 0 Å². The number of non-ortho nitro benzene ring substituents is 1. The Labute approximate surface area is 118 Å². The molecule has 0 fully saturated rings. The third-order valence-electron chi connectivity index (χ3n) is 2.69. The van der Waals surface area contributed by atoms with Crippen molar-refractivity contribution in [2.24, 2.45) is 4.99 Å². The van der Waals surface area contributed by atoms with E-state index in [0.29, 0.717) is 17.0 Å². The molecule has 0 amide bonds. The Morgan fingerprint density at radius 3 is 2.90 bits per heavy atom. The highest BCUT2D eigenvalue weighted by molar-refractivity contribution is 5.82. The van der Waals surface area contributed by atoms with E-state index in [1.165, 1.54) is 24.6 Å². The van der Waals surface area contributed by atoms with Gasteiger partial charge in [-0.25, -0.2) is 4.99 Å². The summed E-state index contributed by atoms with van der Waals surface area (Å²) in [6.07, 6.45) is 3.01. The molecule has 21 heavy (non-hydrogen) atoms. The van der Waals surface area contributed by atoms with Gasteiger partial charge in [0.15, 0.2) is 11.5 Å². The van der Waals surface area contributed by atoms with Crippen LogP contribution in [0.15, 0.2) is 62.7 Å². The number of benzene rings is 1. The van der Waals surface area contributed by atoms with Crippen molar-refractivity contribution in [3.05, 3.63) is 64.4 Å². The molecule has 0 bridgehead atoms. The second kappa shape index (κ2) is 5.41. The Bertz CT molecular complexity index is 790. The van der Waals surface area contributed by atoms with Crippen LogP contribution in [0.5, 0.6) is 0 Å². The highest BCUT2D eigenvalue weighted by Gasteiger charge is 2.08. The number of rotatable bonds is 4. The lowest BCUT2D eigenvalue weighted by molar-refractivity contribution is -0.384. The standard InChI is InChI=1S/C14H9N3O4/c18-17(19)11-4-1-3-10(7-11)9-15-14-8-12(16-21-14)13-5-2-6-20-13/h1-9H. The predicted octanol–water partition coefficient (Wildman–Crippen LogP) is 3.59. The van der Waals surface area contributed by atoms with Gasteiger partial charge in [-0.2, -0.15) is 0 Å². The molecule has 7 heteroatoms. The van der Waals surface area contributed by atoms with Crippen LogP contribution < -0.4 is 0 Å². The summed E-state index contributed by atoms with van der Waals surface area (Å²) in [7, 11) is 0. The van der Waals surface area contributed by atoms with Gasteiger partial charge in [0.05, 0.1) is 11.2 Å². The van der Waals surface area contributed by atoms with Gasteiger partial charge in [0, 0.05) is 24.4 Å². The zero-order valence-corrected chi connectivity index (χ0v) is 10.7. The first-order valence-electron chi connectivity index (χ1n) is 6.01. The summed E-state index contributed by atoms with van der Waals surface area (Å²) in [6.45, 7) is 0. The van der Waals surface area contributed by atoms with E-state index in [2.05, 4.69) is 10.1 Å². The van der Waals surface area contributed by atoms with Crippen LogP contribution in [0.25, 0.3) is 11.5 Å². The van der Waals surface area contributed by atoms with Gasteiger partial charge in [-0.05, 0) is 17.7 Å². The molecule has 2 aromatic heterocycles. The topological polar surface area (TPSA) is 94.7 Å². The average molecular weight is 283 g/mol. The summed E-state index contributed by atoms with van der Waals surface area (Å²) >= 11 is 0. The molecule has 3 rings (SSSR count). The Morgan fingerprint density at radius 2 is 2.14 bits per heavy atom. The van der Waals surface area contributed by atoms with E-state index in [1.807, 2.05) is 0 Å². The third kappa shape index (κ3) is 2.86. The van der Waals surface area contributed by atoms with Gasteiger partial charge in [0.25, 0.3) is 11.6 Å². The van der Waals surface area contributed by atoms with Gasteiger partial charge >= 0.3 is 0 Å². The number of nitro benzene ring substituents is 1. The van der Waals surface area contributed by atoms with Gasteiger partial charge in [-0.1, -0.05) is 17.3 Å². The molecule has 0 saturated carbocycles. The summed E-state index contributed by atoms with van der Waals surface area (Å²) in [6, 6.07) is 11.3. The molecule has 0 aliphatic carbocycles. The smallest absolute Gasteiger partial charge is 0.270 e. The van der Waals surface area contributed by atoms with Crippen LogP contribution in [-0.2, 0) is 0 Å². The van der Waals surface area contributed by atoms with Crippen LogP contribution in [0.3, 0.4) is 0 Å². The zero-order chi connectivity index (χ0) is 14.7. The number of hydrogen-bond acceptors (Lipinski definition) is 6. The minimum Gasteiger partial charge on any atom is -0.463 e. The molecular weight excluding hydrogens is 274 g/mol. The molecule has 0 aliphatic heterocycles. The summed E-state index contributed by atoms with van der Waals surface area (Å²) < 4.78 is 10.2. The van der Waals surface area contributed by atoms with Gasteiger partial charge in [0.2, 0.25) is 0 Å². The monoisotopic (exact) mass is 283 g/mol. The number of hydrogen-bond donors (Lipinski definition) is 0. The van der Waals surface area contributed by atoms with Crippen molar-refractivity contribution >= 4 is 17.8 Å². The SMILES string of the molecule is O=[N+]([O-])c1cccc(C=Nc2cc(-c3ccco3)no2)c1. The van der Waals surface area contributed by atoms with Crippen LogP contribution in [0.2, 0.25) is 0 Å². The van der Waals surface area contributed by atoms with E-state index in [9.17, 15) is 10.1 Å². The van der Waals surface area contributed by atoms with E-state index in [1.54, 1.807) is 30.3 Å². The Morgan fingerprint density at radius 1 is 1.24 bits per heavy atom. The maximum absolute atomic E-state index is 10.7. The number of nitro groups is 1. The Kier molecular flexibility index (Phi) is 3.30. The van der Waals surface area contributed by atoms with Gasteiger partial charge in [-0.15, -0.1) is 0 Å². The fraction of sp³-hybridized carbons (Fsp3) is 0. The van der Waals surface area contributed by atoms with E-state index >= 15 is 0 Å². The summed E-state index contributed by atoms with van der Waals surface area (Å²) in [4.78, 5) is 14.3. The van der Waals surface area contributed by atoms with E-state index in [0.717, 1.165) is 0 Å². The lowest BCUT2D eigenvalue weighted by Gasteiger charge is -1.92. The van der Waals surface area contributed by atoms with E-state index in [-0.39, 0.29) is 11.6 Å². The van der Waals surface area contributed by atoms with Crippen molar-refractivity contribution < 1.29 is 13.9 Å². The lowest BCUT2D eigenvalue weighted by atomic mass is 10.2. The number of aromatic nitrogens is 1. The highest BCUT2D eigenvalue weighted by Crippen LogP contribution is 2.23. The summed E-state index contributed by atoms with van der Waals surface area (Å²) in [5.41, 5.74) is 1.14. The molecule has 0 spiro atoms. The first kappa shape index (κ1) is 12.8. The molecule has 0 unspecified atom stereocenters. The number of furan rings is 1. The normalized spacial score (nSPS) is 11.0. The summed E-state index contributed by atoms with van der Waals surface area (Å²) in [5.74, 6) is 0.864. The molecule has 0 atom stereocenters. The third-order valence-corrected chi connectivity index (χ3v) is 2.69. The van der Waals surface area contributed by atoms with E-state index < -0.39 is 4.92 Å². The Hall–Kier alpha value is -3.22. The lowest BCUT2D eigenvalue weighted by Crippen LogP contribution is -1.89. The average Bonchev–Trinajstić information content (AvgIpc) is 3.16. The maximum Gasteiger partial charge on any atom is 0.270 e. The molecule has 104 valence electrons. The quantitative estimate of drug-likeness (QED) is 0.414. The summed E-state index contributed by atoms with van der Waals surface area (Å²) in [5, 5.41) is 14.5. The van der Waals surface area contributed by atoms with Gasteiger partial charge in [0.1, 0.15) is 0 Å². The zero-order valence-electron chi connectivity index (χ0n) is 10.7. The van der Waals surface area contributed by atoms with Crippen LogP contribution in [0, 0.1) is 10.1 Å². The van der Waals surface area contributed by atoms with Crippen LogP contribution in [0.4, 0.5) is 11.6 Å². The first-order valence-corrected chi connectivity index (χ1v) is 6.01. The molecule has 7 nitrogen and oxygen atoms in total. The van der Waals surface area contributed by atoms with Crippen molar-refractivity contribution in [3.63, 3.8) is 0 Å². The number of aliphatic imine (C=N–C) groups is 1. The van der Waals surface area contributed by atoms with Crippen molar-refractivity contribution in [3.8, 4) is 11.5 Å². The molecule has 0 N–H and O–H groups in total. The van der Waals surface area contributed by atoms with Crippen molar-refractivity contribution in [2.75, 3.05) is 0 Å². The number of nitrogens with zero attached hydrogens (tertiary/aromatic N) is 3. The second-order valence-electron chi connectivity index (χ2n) is 4.14. The predicted molar refractivity (Wildman–Crippen MR) is 74.6 cm³/mol. The molecule has 1 aromatic carbocycles. The van der Waals surface area contributed by atoms with E-state index in [4.69, 9.17) is 8.94 Å². The van der Waals surface area contributed by atoms with Gasteiger partial charge < -0.3 is 8.94 Å². The minimum atomic E-state index is -0.458. The Balaban J connectivity index is 1.80.